The molecule has 0 bridgehead atoms. The molecule has 15 heavy (non-hydrogen) atoms. The van der Waals surface area contributed by atoms with E-state index in [0.29, 0.717) is 6.29 Å². The fraction of sp³-hybridized carbons (Fsp3) is 0.222. The Morgan fingerprint density at radius 1 is 1.47 bits per heavy atom. The van der Waals surface area contributed by atoms with E-state index >= 15 is 0 Å². The number of aliphatic hydroxyl groups is 2. The van der Waals surface area contributed by atoms with Crippen LogP contribution in [0.15, 0.2) is 18.3 Å². The maximum Gasteiger partial charge on any atom is 0.335 e. The molecule has 0 aliphatic rings. The number of hydrogen-bond acceptors (Lipinski definition) is 5. The number of carbonyl (C=O) groups excluding carboxylic acids is 1. The van der Waals surface area contributed by atoms with Crippen molar-refractivity contribution in [3.63, 3.8) is 0 Å². The van der Waals surface area contributed by atoms with E-state index in [2.05, 4.69) is 4.98 Å². The van der Waals surface area contributed by atoms with Crippen molar-refractivity contribution in [3.8, 4) is 0 Å². The number of aliphatic hydroxyl groups excluding tert-OH is 2. The van der Waals surface area contributed by atoms with E-state index in [0.717, 1.165) is 0 Å². The Morgan fingerprint density at radius 3 is 2.67 bits per heavy atom. The predicted octanol–water partition coefficient (Wildman–Crippen LogP) is -0.627. The van der Waals surface area contributed by atoms with Gasteiger partial charge in [0, 0.05) is 11.8 Å². The second kappa shape index (κ2) is 4.63. The standard InChI is InChI=1S/C9H9NO5/c11-4-5-1-2-10-6(3-5)7(12)8(13)9(14)15/h1-4,7-8,12-13H,(H,14,15). The van der Waals surface area contributed by atoms with Crippen LogP contribution in [0.2, 0.25) is 0 Å². The Bertz CT molecular complexity index is 379. The molecule has 2 unspecified atom stereocenters. The summed E-state index contributed by atoms with van der Waals surface area (Å²) in [6.07, 6.45) is -1.83. The van der Waals surface area contributed by atoms with E-state index in [-0.39, 0.29) is 11.3 Å². The third-order valence-corrected chi connectivity index (χ3v) is 1.80. The minimum atomic E-state index is -1.96. The first-order valence-electron chi connectivity index (χ1n) is 4.06. The molecule has 0 saturated carbocycles. The zero-order valence-corrected chi connectivity index (χ0v) is 7.57. The number of pyridine rings is 1. The summed E-state index contributed by atoms with van der Waals surface area (Å²) in [5.74, 6) is -1.55. The molecule has 3 N–H and O–H groups in total. The van der Waals surface area contributed by atoms with Crippen LogP contribution in [-0.2, 0) is 4.79 Å². The molecule has 0 amide bonds. The van der Waals surface area contributed by atoms with Gasteiger partial charge < -0.3 is 15.3 Å². The number of aromatic nitrogens is 1. The molecule has 80 valence electrons. The van der Waals surface area contributed by atoms with Crippen LogP contribution in [0.4, 0.5) is 0 Å². The molecule has 2 atom stereocenters. The number of rotatable bonds is 4. The highest BCUT2D eigenvalue weighted by molar-refractivity contribution is 5.75. The molecular formula is C9H9NO5. The quantitative estimate of drug-likeness (QED) is 0.572. The average molecular weight is 211 g/mol. The lowest BCUT2D eigenvalue weighted by molar-refractivity contribution is -0.153. The summed E-state index contributed by atoms with van der Waals surface area (Å²) in [6, 6.07) is 2.61. The van der Waals surface area contributed by atoms with E-state index in [1.165, 1.54) is 18.3 Å². The molecule has 1 rings (SSSR count). The minimum absolute atomic E-state index is 0.0606. The van der Waals surface area contributed by atoms with Crippen LogP contribution in [0, 0.1) is 0 Å². The number of nitrogens with zero attached hydrogens (tertiary/aromatic N) is 1. The highest BCUT2D eigenvalue weighted by atomic mass is 16.4. The summed E-state index contributed by atoms with van der Waals surface area (Å²) >= 11 is 0. The van der Waals surface area contributed by atoms with Gasteiger partial charge in [0.05, 0.1) is 5.69 Å². The molecular weight excluding hydrogens is 202 g/mol. The molecule has 1 heterocycles. The highest BCUT2D eigenvalue weighted by Crippen LogP contribution is 2.15. The minimum Gasteiger partial charge on any atom is -0.479 e. The van der Waals surface area contributed by atoms with E-state index in [1.54, 1.807) is 0 Å². The van der Waals surface area contributed by atoms with Crippen molar-refractivity contribution in [1.29, 1.82) is 0 Å². The summed E-state index contributed by atoms with van der Waals surface area (Å²) in [5, 5.41) is 26.8. The maximum absolute atomic E-state index is 10.4. The first-order valence-corrected chi connectivity index (χ1v) is 4.06. The molecule has 1 aromatic heterocycles. The van der Waals surface area contributed by atoms with Crippen LogP contribution in [-0.4, -0.2) is 38.7 Å². The van der Waals surface area contributed by atoms with Crippen molar-refractivity contribution in [2.24, 2.45) is 0 Å². The lowest BCUT2D eigenvalue weighted by Crippen LogP contribution is -2.28. The van der Waals surface area contributed by atoms with Gasteiger partial charge in [-0.15, -0.1) is 0 Å². The summed E-state index contributed by atoms with van der Waals surface area (Å²) in [5.41, 5.74) is 0.186. The third-order valence-electron chi connectivity index (χ3n) is 1.80. The van der Waals surface area contributed by atoms with Crippen LogP contribution in [0.1, 0.15) is 22.2 Å². The van der Waals surface area contributed by atoms with Crippen LogP contribution < -0.4 is 0 Å². The van der Waals surface area contributed by atoms with Crippen LogP contribution in [0.3, 0.4) is 0 Å². The summed E-state index contributed by atoms with van der Waals surface area (Å²) in [4.78, 5) is 24.4. The fourth-order valence-corrected chi connectivity index (χ4v) is 0.997. The SMILES string of the molecule is O=Cc1ccnc(C(O)C(O)C(=O)O)c1. The molecule has 1 aromatic rings. The van der Waals surface area contributed by atoms with Crippen molar-refractivity contribution in [1.82, 2.24) is 4.98 Å². The first kappa shape index (κ1) is 11.3. The topological polar surface area (TPSA) is 108 Å². The Morgan fingerprint density at radius 2 is 2.13 bits per heavy atom. The Hall–Kier alpha value is -1.79. The molecule has 0 spiro atoms. The smallest absolute Gasteiger partial charge is 0.335 e. The number of hydrogen-bond donors (Lipinski definition) is 3. The van der Waals surface area contributed by atoms with Crippen LogP contribution >= 0.6 is 0 Å². The van der Waals surface area contributed by atoms with Crippen molar-refractivity contribution in [3.05, 3.63) is 29.6 Å². The first-order chi connectivity index (χ1) is 7.06. The normalized spacial score (nSPS) is 14.3. The van der Waals surface area contributed by atoms with Gasteiger partial charge in [-0.05, 0) is 12.1 Å². The van der Waals surface area contributed by atoms with Gasteiger partial charge in [0.25, 0.3) is 0 Å². The second-order valence-corrected chi connectivity index (χ2v) is 2.86. The zero-order valence-electron chi connectivity index (χ0n) is 7.57. The van der Waals surface area contributed by atoms with E-state index < -0.39 is 18.2 Å². The summed E-state index contributed by atoms with van der Waals surface area (Å²) < 4.78 is 0. The molecule has 0 aliphatic carbocycles. The summed E-state index contributed by atoms with van der Waals surface area (Å²) in [7, 11) is 0. The van der Waals surface area contributed by atoms with Crippen molar-refractivity contribution in [2.45, 2.75) is 12.2 Å². The van der Waals surface area contributed by atoms with Gasteiger partial charge in [-0.25, -0.2) is 4.79 Å². The fourth-order valence-electron chi connectivity index (χ4n) is 0.997. The van der Waals surface area contributed by atoms with Crippen LogP contribution in [0.25, 0.3) is 0 Å². The summed E-state index contributed by atoms with van der Waals surface area (Å²) in [6.45, 7) is 0. The molecule has 0 aliphatic heterocycles. The Balaban J connectivity index is 2.95. The van der Waals surface area contributed by atoms with Gasteiger partial charge in [-0.3, -0.25) is 9.78 Å². The van der Waals surface area contributed by atoms with Gasteiger partial charge in [0.15, 0.2) is 6.10 Å². The number of carboxylic acid groups (broad SMARTS) is 1. The molecule has 6 heteroatoms. The van der Waals surface area contributed by atoms with Gasteiger partial charge in [-0.1, -0.05) is 0 Å². The van der Waals surface area contributed by atoms with E-state index in [1.807, 2.05) is 0 Å². The molecule has 0 radical (unpaired) electrons. The number of carboxylic acids is 1. The Labute approximate surface area is 84.8 Å². The largest absolute Gasteiger partial charge is 0.479 e. The Kier molecular flexibility index (Phi) is 3.48. The average Bonchev–Trinajstić information content (AvgIpc) is 2.27. The second-order valence-electron chi connectivity index (χ2n) is 2.86. The number of aldehydes is 1. The number of aliphatic carboxylic acids is 1. The van der Waals surface area contributed by atoms with Crippen molar-refractivity contribution in [2.75, 3.05) is 0 Å². The maximum atomic E-state index is 10.4. The van der Waals surface area contributed by atoms with Gasteiger partial charge in [-0.2, -0.15) is 0 Å². The van der Waals surface area contributed by atoms with Gasteiger partial charge in [0.1, 0.15) is 12.4 Å². The predicted molar refractivity (Wildman–Crippen MR) is 48.2 cm³/mol. The van der Waals surface area contributed by atoms with Gasteiger partial charge >= 0.3 is 5.97 Å². The molecule has 6 nitrogen and oxygen atoms in total. The van der Waals surface area contributed by atoms with Crippen molar-refractivity contribution < 1.29 is 24.9 Å². The van der Waals surface area contributed by atoms with E-state index in [4.69, 9.17) is 10.2 Å². The third kappa shape index (κ3) is 2.58. The van der Waals surface area contributed by atoms with Gasteiger partial charge in [0.2, 0.25) is 0 Å². The highest BCUT2D eigenvalue weighted by Gasteiger charge is 2.26. The molecule has 0 fully saturated rings. The molecule has 0 aromatic carbocycles. The lowest BCUT2D eigenvalue weighted by Gasteiger charge is -2.13. The number of carbonyl (C=O) groups is 2. The van der Waals surface area contributed by atoms with Crippen LogP contribution in [0.5, 0.6) is 0 Å². The molecule has 0 saturated heterocycles. The lowest BCUT2D eigenvalue weighted by atomic mass is 10.1. The van der Waals surface area contributed by atoms with Crippen molar-refractivity contribution >= 4 is 12.3 Å². The van der Waals surface area contributed by atoms with E-state index in [9.17, 15) is 14.7 Å². The monoisotopic (exact) mass is 211 g/mol. The zero-order chi connectivity index (χ0) is 11.4.